The van der Waals surface area contributed by atoms with Crippen molar-refractivity contribution in [3.63, 3.8) is 0 Å². The van der Waals surface area contributed by atoms with Gasteiger partial charge in [0.15, 0.2) is 0 Å². The van der Waals surface area contributed by atoms with Gasteiger partial charge < -0.3 is 4.28 Å². The molecular formula is H4ClKMgPtRe. The molecule has 0 unspecified atom stereocenters. The molecule has 0 bridgehead atoms. The second kappa shape index (κ2) is 24.4. The Bertz CT molecular complexity index is 19.2. The van der Waals surface area contributed by atoms with Crippen LogP contribution in [0.5, 0.6) is 0 Å². The van der Waals surface area contributed by atoms with Crippen LogP contribution in [0.2, 0.25) is 0 Å². The van der Waals surface area contributed by atoms with Crippen molar-refractivity contribution in [1.29, 1.82) is 0 Å². The summed E-state index contributed by atoms with van der Waals surface area (Å²) in [6.45, 7) is 0. The minimum atomic E-state index is 0. The molecular weight excluding hydrogens is 480 g/mol. The van der Waals surface area contributed by atoms with Gasteiger partial charge in [0.25, 0.3) is 0 Å². The van der Waals surface area contributed by atoms with Crippen molar-refractivity contribution in [2.75, 3.05) is 0 Å². The molecule has 0 aromatic heterocycles. The quantitative estimate of drug-likeness (QED) is 0.331. The van der Waals surface area contributed by atoms with Crippen LogP contribution in [0.25, 0.3) is 0 Å². The normalized spacial score (nSPS) is 0. The predicted molar refractivity (Wildman–Crippen MR) is 16.3 cm³/mol. The molecule has 0 nitrogen and oxygen atoms in total. The van der Waals surface area contributed by atoms with Gasteiger partial charge in [-0.25, -0.2) is 0 Å². The summed E-state index contributed by atoms with van der Waals surface area (Å²) >= 11 is 0. The van der Waals surface area contributed by atoms with Crippen LogP contribution >= 0.6 is 12.4 Å². The molecule has 0 aliphatic carbocycles. The first-order valence-corrected chi connectivity index (χ1v) is 0. The molecule has 31 valence electrons. The summed E-state index contributed by atoms with van der Waals surface area (Å²) in [5, 5.41) is 0. The first kappa shape index (κ1) is 35.8. The van der Waals surface area contributed by atoms with Gasteiger partial charge in [-0.1, -0.05) is 0 Å². The van der Waals surface area contributed by atoms with E-state index in [0.717, 1.165) is 0 Å². The van der Waals surface area contributed by atoms with Gasteiger partial charge in [-0.2, -0.15) is 0 Å². The zero-order valence-electron chi connectivity index (χ0n) is 5.81. The molecule has 0 fully saturated rings. The SMILES string of the molecule is Cl.[H-].[H-].[H-].[K+].[Mg+2].[Pt].[Re]. The van der Waals surface area contributed by atoms with Crippen molar-refractivity contribution in [2.45, 2.75) is 0 Å². The molecule has 0 aliphatic rings. The summed E-state index contributed by atoms with van der Waals surface area (Å²) < 4.78 is 0. The fraction of sp³-hybridized carbons (Fsp3) is 0. The topological polar surface area (TPSA) is 0 Å². The van der Waals surface area contributed by atoms with E-state index in [0.29, 0.717) is 0 Å². The monoisotopic (exact) mass is 484 g/mol. The molecule has 0 saturated heterocycles. The predicted octanol–water partition coefficient (Wildman–Crippen LogP) is -2.62. The van der Waals surface area contributed by atoms with Crippen LogP contribution < -0.4 is 51.4 Å². The number of hydrogen-bond acceptors (Lipinski definition) is 0. The van der Waals surface area contributed by atoms with Crippen LogP contribution in [0.3, 0.4) is 0 Å². The zero-order chi connectivity index (χ0) is 0. The molecule has 0 rings (SSSR count). The summed E-state index contributed by atoms with van der Waals surface area (Å²) in [5.74, 6) is 0. The van der Waals surface area contributed by atoms with Crippen molar-refractivity contribution < 1.29 is 97.2 Å². The number of hydrogen-bond donors (Lipinski definition) is 0. The van der Waals surface area contributed by atoms with E-state index in [-0.39, 0.29) is 133 Å². The standard InChI is InChI=1S/ClH.K.Mg.Pt.Re.3H/h1H;;;;;;;/q;+1;+2;;;3*-1. The third kappa shape index (κ3) is 18.0. The molecule has 0 N–H and O–H groups in total. The fourth-order valence-electron chi connectivity index (χ4n) is 0. The molecule has 0 saturated carbocycles. The van der Waals surface area contributed by atoms with Crippen LogP contribution in [-0.2, 0) is 41.5 Å². The molecule has 0 amide bonds. The van der Waals surface area contributed by atoms with E-state index in [9.17, 15) is 0 Å². The van der Waals surface area contributed by atoms with Crippen molar-refractivity contribution >= 4 is 35.5 Å². The Morgan fingerprint density at radius 2 is 1.20 bits per heavy atom. The third-order valence-electron chi connectivity index (χ3n) is 0. The van der Waals surface area contributed by atoms with Gasteiger partial charge in [0.1, 0.15) is 0 Å². The Labute approximate surface area is 129 Å². The van der Waals surface area contributed by atoms with E-state index in [1.54, 1.807) is 0 Å². The Kier molecular flexibility index (Phi) is 175. The van der Waals surface area contributed by atoms with Crippen LogP contribution in [0.4, 0.5) is 0 Å². The second-order valence-electron chi connectivity index (χ2n) is 0. The van der Waals surface area contributed by atoms with Crippen LogP contribution in [0.15, 0.2) is 0 Å². The number of halogens is 1. The summed E-state index contributed by atoms with van der Waals surface area (Å²) in [7, 11) is 0. The molecule has 0 aromatic carbocycles. The van der Waals surface area contributed by atoms with E-state index in [1.807, 2.05) is 0 Å². The van der Waals surface area contributed by atoms with Gasteiger partial charge in [-0.05, 0) is 0 Å². The van der Waals surface area contributed by atoms with E-state index in [2.05, 4.69) is 0 Å². The minimum Gasteiger partial charge on any atom is -1.00 e. The third-order valence-corrected chi connectivity index (χ3v) is 0. The smallest absolute Gasteiger partial charge is 1.00 e. The maximum Gasteiger partial charge on any atom is 2.00 e. The molecule has 0 spiro atoms. The summed E-state index contributed by atoms with van der Waals surface area (Å²) in [4.78, 5) is 0. The van der Waals surface area contributed by atoms with E-state index in [4.69, 9.17) is 0 Å². The Morgan fingerprint density at radius 3 is 1.20 bits per heavy atom. The van der Waals surface area contributed by atoms with Crippen molar-refractivity contribution in [3.8, 4) is 0 Å². The average Bonchev–Trinajstić information content (AvgIpc) is 0. The van der Waals surface area contributed by atoms with E-state index >= 15 is 0 Å². The van der Waals surface area contributed by atoms with Crippen molar-refractivity contribution in [3.05, 3.63) is 0 Å². The van der Waals surface area contributed by atoms with E-state index in [1.165, 1.54) is 0 Å². The molecule has 0 aromatic rings. The van der Waals surface area contributed by atoms with Crippen molar-refractivity contribution in [1.82, 2.24) is 0 Å². The molecule has 5 heteroatoms. The molecule has 0 atom stereocenters. The second-order valence-corrected chi connectivity index (χ2v) is 0. The maximum absolute atomic E-state index is 0. The van der Waals surface area contributed by atoms with Crippen LogP contribution in [-0.4, -0.2) is 23.1 Å². The Balaban J connectivity index is 0. The van der Waals surface area contributed by atoms with Crippen LogP contribution in [0, 0.1) is 0 Å². The van der Waals surface area contributed by atoms with Crippen molar-refractivity contribution in [2.24, 2.45) is 0 Å². The largest absolute Gasteiger partial charge is 2.00 e. The number of rotatable bonds is 0. The molecule has 0 aliphatic heterocycles. The van der Waals surface area contributed by atoms with Gasteiger partial charge in [0, 0.05) is 41.5 Å². The first-order valence-electron chi connectivity index (χ1n) is 0. The van der Waals surface area contributed by atoms with Crippen LogP contribution in [0.1, 0.15) is 4.28 Å². The summed E-state index contributed by atoms with van der Waals surface area (Å²) in [6.07, 6.45) is 0. The minimum absolute atomic E-state index is 0. The van der Waals surface area contributed by atoms with E-state index < -0.39 is 0 Å². The Morgan fingerprint density at radius 1 is 1.20 bits per heavy atom. The average molecular weight is 484 g/mol. The maximum atomic E-state index is 0. The zero-order valence-corrected chi connectivity index (χ0v) is 13.2. The fourth-order valence-corrected chi connectivity index (χ4v) is 0. The van der Waals surface area contributed by atoms with Gasteiger partial charge in [-0.15, -0.1) is 12.4 Å². The molecule has 1 radical (unpaired) electrons. The summed E-state index contributed by atoms with van der Waals surface area (Å²) in [5.41, 5.74) is 0. The molecule has 0 heterocycles. The Hall–Kier alpha value is 4.04. The van der Waals surface area contributed by atoms with Gasteiger partial charge in [0.05, 0.1) is 0 Å². The summed E-state index contributed by atoms with van der Waals surface area (Å²) in [6, 6.07) is 0. The first-order chi connectivity index (χ1) is 0. The molecule has 5 heavy (non-hydrogen) atoms. The van der Waals surface area contributed by atoms with Gasteiger partial charge in [0.2, 0.25) is 0 Å². The van der Waals surface area contributed by atoms with Gasteiger partial charge in [-0.3, -0.25) is 0 Å². The van der Waals surface area contributed by atoms with Gasteiger partial charge >= 0.3 is 74.4 Å².